The molecule has 0 spiro atoms. The van der Waals surface area contributed by atoms with Gasteiger partial charge in [-0.2, -0.15) is 0 Å². The molecule has 0 radical (unpaired) electrons. The second kappa shape index (κ2) is 5.43. The Morgan fingerprint density at radius 3 is 2.72 bits per heavy atom. The maximum atomic E-state index is 11.2. The molecule has 0 N–H and O–H groups in total. The van der Waals surface area contributed by atoms with E-state index in [4.69, 9.17) is 0 Å². The molecule has 2 nitrogen and oxygen atoms in total. The summed E-state index contributed by atoms with van der Waals surface area (Å²) in [6.45, 7) is 7.88. The molecule has 1 aromatic rings. The first-order valence-corrected chi connectivity index (χ1v) is 7.33. The van der Waals surface area contributed by atoms with Crippen molar-refractivity contribution in [2.24, 2.45) is 11.8 Å². The van der Waals surface area contributed by atoms with Gasteiger partial charge in [0, 0.05) is 28.3 Å². The third-order valence-corrected chi connectivity index (χ3v) is 4.52. The standard InChI is InChI=1S/C15H20BrNO/c1-10-6-11(2)12(3)17(8-10)15-5-4-14(16)7-13(15)9-18/h4-5,7,9-12H,6,8H2,1-3H3. The van der Waals surface area contributed by atoms with Gasteiger partial charge in [-0.3, -0.25) is 4.79 Å². The lowest BCUT2D eigenvalue weighted by Gasteiger charge is -2.43. The van der Waals surface area contributed by atoms with Crippen LogP contribution in [-0.4, -0.2) is 18.9 Å². The normalized spacial score (nSPS) is 28.2. The quantitative estimate of drug-likeness (QED) is 0.766. The zero-order chi connectivity index (χ0) is 13.3. The van der Waals surface area contributed by atoms with Gasteiger partial charge >= 0.3 is 0 Å². The fraction of sp³-hybridized carbons (Fsp3) is 0.533. The van der Waals surface area contributed by atoms with Crippen LogP contribution < -0.4 is 4.90 Å². The number of halogens is 1. The van der Waals surface area contributed by atoms with E-state index in [0.29, 0.717) is 17.9 Å². The Labute approximate surface area is 117 Å². The minimum Gasteiger partial charge on any atom is -0.368 e. The summed E-state index contributed by atoms with van der Waals surface area (Å²) in [5.74, 6) is 1.34. The van der Waals surface area contributed by atoms with Crippen molar-refractivity contribution in [1.82, 2.24) is 0 Å². The van der Waals surface area contributed by atoms with Gasteiger partial charge in [-0.25, -0.2) is 0 Å². The molecule has 3 unspecified atom stereocenters. The number of hydrogen-bond acceptors (Lipinski definition) is 2. The number of piperidine rings is 1. The predicted molar refractivity (Wildman–Crippen MR) is 79.3 cm³/mol. The Hall–Kier alpha value is -0.830. The molecule has 0 bridgehead atoms. The molecule has 1 heterocycles. The third-order valence-electron chi connectivity index (χ3n) is 4.02. The molecular formula is C15H20BrNO. The Bertz CT molecular complexity index is 446. The zero-order valence-corrected chi connectivity index (χ0v) is 12.8. The van der Waals surface area contributed by atoms with Gasteiger partial charge in [0.1, 0.15) is 0 Å². The predicted octanol–water partition coefficient (Wildman–Crippen LogP) is 4.13. The molecule has 1 aromatic carbocycles. The third kappa shape index (κ3) is 2.61. The number of carbonyl (C=O) groups excluding carboxylic acids is 1. The number of aldehydes is 1. The Morgan fingerprint density at radius 1 is 1.33 bits per heavy atom. The van der Waals surface area contributed by atoms with Crippen LogP contribution >= 0.6 is 15.9 Å². The van der Waals surface area contributed by atoms with Gasteiger partial charge in [-0.05, 0) is 43.4 Å². The number of carbonyl (C=O) groups is 1. The number of anilines is 1. The highest BCUT2D eigenvalue weighted by molar-refractivity contribution is 9.10. The molecular weight excluding hydrogens is 290 g/mol. The molecule has 0 saturated carbocycles. The topological polar surface area (TPSA) is 20.3 Å². The first-order chi connectivity index (χ1) is 8.52. The summed E-state index contributed by atoms with van der Waals surface area (Å²) in [4.78, 5) is 13.6. The maximum Gasteiger partial charge on any atom is 0.152 e. The van der Waals surface area contributed by atoms with Crippen LogP contribution in [0.3, 0.4) is 0 Å². The highest BCUT2D eigenvalue weighted by atomic mass is 79.9. The van der Waals surface area contributed by atoms with E-state index in [1.807, 2.05) is 12.1 Å². The van der Waals surface area contributed by atoms with E-state index in [0.717, 1.165) is 28.6 Å². The highest BCUT2D eigenvalue weighted by Gasteiger charge is 2.29. The Morgan fingerprint density at radius 2 is 2.06 bits per heavy atom. The Balaban J connectivity index is 2.37. The van der Waals surface area contributed by atoms with Crippen LogP contribution in [0, 0.1) is 11.8 Å². The van der Waals surface area contributed by atoms with Crippen LogP contribution in [0.5, 0.6) is 0 Å². The van der Waals surface area contributed by atoms with Crippen LogP contribution in [0.15, 0.2) is 22.7 Å². The minimum atomic E-state index is 0.487. The summed E-state index contributed by atoms with van der Waals surface area (Å²) in [6, 6.07) is 6.45. The average molecular weight is 310 g/mol. The van der Waals surface area contributed by atoms with Gasteiger partial charge < -0.3 is 4.90 Å². The molecule has 1 saturated heterocycles. The van der Waals surface area contributed by atoms with Crippen LogP contribution in [0.4, 0.5) is 5.69 Å². The molecule has 1 fully saturated rings. The van der Waals surface area contributed by atoms with E-state index in [-0.39, 0.29) is 0 Å². The van der Waals surface area contributed by atoms with Gasteiger partial charge in [0.05, 0.1) is 0 Å². The molecule has 3 atom stereocenters. The Kier molecular flexibility index (Phi) is 4.10. The van der Waals surface area contributed by atoms with Crippen LogP contribution in [-0.2, 0) is 0 Å². The van der Waals surface area contributed by atoms with E-state index in [9.17, 15) is 4.79 Å². The molecule has 0 aromatic heterocycles. The van der Waals surface area contributed by atoms with Gasteiger partial charge in [-0.15, -0.1) is 0 Å². The SMILES string of the molecule is CC1CC(C)C(C)N(c2ccc(Br)cc2C=O)C1. The largest absolute Gasteiger partial charge is 0.368 e. The van der Waals surface area contributed by atoms with Crippen molar-refractivity contribution in [3.8, 4) is 0 Å². The molecule has 1 aliphatic heterocycles. The highest BCUT2D eigenvalue weighted by Crippen LogP contribution is 2.33. The average Bonchev–Trinajstić information content (AvgIpc) is 2.34. The van der Waals surface area contributed by atoms with E-state index in [2.05, 4.69) is 47.7 Å². The molecule has 18 heavy (non-hydrogen) atoms. The summed E-state index contributed by atoms with van der Waals surface area (Å²) in [7, 11) is 0. The van der Waals surface area contributed by atoms with Gasteiger partial charge in [0.25, 0.3) is 0 Å². The van der Waals surface area contributed by atoms with Gasteiger partial charge in [0.2, 0.25) is 0 Å². The zero-order valence-electron chi connectivity index (χ0n) is 11.2. The van der Waals surface area contributed by atoms with Crippen molar-refractivity contribution in [2.45, 2.75) is 33.2 Å². The summed E-state index contributed by atoms with van der Waals surface area (Å²) in [6.07, 6.45) is 2.22. The van der Waals surface area contributed by atoms with Gasteiger partial charge in [0.15, 0.2) is 6.29 Å². The lowest BCUT2D eigenvalue weighted by atomic mass is 9.85. The maximum absolute atomic E-state index is 11.2. The van der Waals surface area contributed by atoms with Crippen molar-refractivity contribution in [3.05, 3.63) is 28.2 Å². The number of nitrogens with zero attached hydrogens (tertiary/aromatic N) is 1. The molecule has 0 amide bonds. The van der Waals surface area contributed by atoms with E-state index >= 15 is 0 Å². The van der Waals surface area contributed by atoms with Crippen LogP contribution in [0.1, 0.15) is 37.6 Å². The molecule has 1 aliphatic rings. The summed E-state index contributed by atoms with van der Waals surface area (Å²) < 4.78 is 0.958. The molecule has 3 heteroatoms. The van der Waals surface area contributed by atoms with Crippen LogP contribution in [0.2, 0.25) is 0 Å². The second-order valence-corrected chi connectivity index (χ2v) is 6.45. The monoisotopic (exact) mass is 309 g/mol. The van der Waals surface area contributed by atoms with Crippen molar-refractivity contribution in [2.75, 3.05) is 11.4 Å². The van der Waals surface area contributed by atoms with Crippen molar-refractivity contribution in [3.63, 3.8) is 0 Å². The number of benzene rings is 1. The number of hydrogen-bond donors (Lipinski definition) is 0. The number of rotatable bonds is 2. The van der Waals surface area contributed by atoms with Crippen molar-refractivity contribution < 1.29 is 4.79 Å². The minimum absolute atomic E-state index is 0.487. The fourth-order valence-electron chi connectivity index (χ4n) is 2.91. The lowest BCUT2D eigenvalue weighted by Crippen LogP contribution is -2.46. The van der Waals surface area contributed by atoms with Crippen molar-refractivity contribution >= 4 is 27.9 Å². The molecule has 2 rings (SSSR count). The molecule has 98 valence electrons. The lowest BCUT2D eigenvalue weighted by molar-refractivity contribution is 0.112. The van der Waals surface area contributed by atoms with E-state index in [1.54, 1.807) is 0 Å². The first kappa shape index (κ1) is 13.6. The smallest absolute Gasteiger partial charge is 0.152 e. The second-order valence-electron chi connectivity index (χ2n) is 5.53. The van der Waals surface area contributed by atoms with Crippen molar-refractivity contribution in [1.29, 1.82) is 0 Å². The van der Waals surface area contributed by atoms with Crippen LogP contribution in [0.25, 0.3) is 0 Å². The van der Waals surface area contributed by atoms with Gasteiger partial charge in [-0.1, -0.05) is 29.8 Å². The fourth-order valence-corrected chi connectivity index (χ4v) is 3.29. The summed E-state index contributed by atoms with van der Waals surface area (Å²) >= 11 is 3.42. The molecule has 0 aliphatic carbocycles. The van der Waals surface area contributed by atoms with E-state index < -0.39 is 0 Å². The summed E-state index contributed by atoms with van der Waals surface area (Å²) in [5.41, 5.74) is 1.84. The first-order valence-electron chi connectivity index (χ1n) is 6.54. The van der Waals surface area contributed by atoms with E-state index in [1.165, 1.54) is 6.42 Å². The summed E-state index contributed by atoms with van der Waals surface area (Å²) in [5, 5.41) is 0.